The summed E-state index contributed by atoms with van der Waals surface area (Å²) in [6.07, 6.45) is 16.9. The summed E-state index contributed by atoms with van der Waals surface area (Å²) in [5.41, 5.74) is 1.66. The first-order chi connectivity index (χ1) is 8.26. The van der Waals surface area contributed by atoms with Crippen LogP contribution in [-0.2, 0) is 4.79 Å². The SMILES string of the molecule is C/C=C/CCC(=O)C1=CCCC2(CCCC2)C1. The third-order valence-corrected chi connectivity index (χ3v) is 4.43. The van der Waals surface area contributed by atoms with Crippen molar-refractivity contribution >= 4 is 5.78 Å². The van der Waals surface area contributed by atoms with Crippen molar-refractivity contribution in [3.05, 3.63) is 23.8 Å². The van der Waals surface area contributed by atoms with Gasteiger partial charge in [-0.3, -0.25) is 4.79 Å². The number of allylic oxidation sites excluding steroid dienone is 4. The molecule has 2 rings (SSSR count). The average Bonchev–Trinajstić information content (AvgIpc) is 2.77. The Kier molecular flexibility index (Phi) is 4.20. The maximum atomic E-state index is 12.1. The summed E-state index contributed by atoms with van der Waals surface area (Å²) in [5, 5.41) is 0. The molecule has 0 aromatic rings. The van der Waals surface area contributed by atoms with Crippen LogP contribution in [0.2, 0.25) is 0 Å². The number of hydrogen-bond acceptors (Lipinski definition) is 1. The van der Waals surface area contributed by atoms with E-state index in [0.29, 0.717) is 17.6 Å². The van der Waals surface area contributed by atoms with Crippen LogP contribution in [-0.4, -0.2) is 5.78 Å². The standard InChI is InChI=1S/C16H24O/c1-2-3-4-9-15(17)14-8-7-12-16(13-14)10-5-6-11-16/h2-3,8H,4-7,9-13H2,1H3/b3-2+. The predicted octanol–water partition coefficient (Wildman–Crippen LogP) is 4.58. The number of carbonyl (C=O) groups is 1. The molecule has 94 valence electrons. The molecule has 2 aliphatic rings. The lowest BCUT2D eigenvalue weighted by Crippen LogP contribution is -2.23. The summed E-state index contributed by atoms with van der Waals surface area (Å²) >= 11 is 0. The van der Waals surface area contributed by atoms with Crippen molar-refractivity contribution in [3.63, 3.8) is 0 Å². The van der Waals surface area contributed by atoms with Crippen molar-refractivity contribution in [2.24, 2.45) is 5.41 Å². The average molecular weight is 232 g/mol. The van der Waals surface area contributed by atoms with Crippen LogP contribution in [0, 0.1) is 5.41 Å². The highest BCUT2D eigenvalue weighted by atomic mass is 16.1. The highest BCUT2D eigenvalue weighted by Crippen LogP contribution is 2.49. The zero-order valence-corrected chi connectivity index (χ0v) is 11.0. The summed E-state index contributed by atoms with van der Waals surface area (Å²) in [6, 6.07) is 0. The van der Waals surface area contributed by atoms with Crippen LogP contribution < -0.4 is 0 Å². The van der Waals surface area contributed by atoms with Crippen LogP contribution in [0.25, 0.3) is 0 Å². The van der Waals surface area contributed by atoms with Crippen molar-refractivity contribution in [3.8, 4) is 0 Å². The Hall–Kier alpha value is -0.850. The quantitative estimate of drug-likeness (QED) is 0.648. The van der Waals surface area contributed by atoms with Crippen LogP contribution in [0.1, 0.15) is 64.7 Å². The van der Waals surface area contributed by atoms with Crippen molar-refractivity contribution in [1.82, 2.24) is 0 Å². The van der Waals surface area contributed by atoms with Gasteiger partial charge in [-0.05, 0) is 56.4 Å². The summed E-state index contributed by atoms with van der Waals surface area (Å²) in [6.45, 7) is 2.01. The fraction of sp³-hybridized carbons (Fsp3) is 0.688. The van der Waals surface area contributed by atoms with E-state index in [1.165, 1.54) is 32.1 Å². The van der Waals surface area contributed by atoms with Gasteiger partial charge in [-0.2, -0.15) is 0 Å². The van der Waals surface area contributed by atoms with E-state index in [0.717, 1.165) is 24.8 Å². The molecule has 0 unspecified atom stereocenters. The minimum Gasteiger partial charge on any atom is -0.295 e. The molecule has 1 spiro atoms. The summed E-state index contributed by atoms with van der Waals surface area (Å²) in [7, 11) is 0. The lowest BCUT2D eigenvalue weighted by atomic mass is 9.72. The Bertz CT molecular complexity index is 329. The molecule has 0 aromatic heterocycles. The predicted molar refractivity (Wildman–Crippen MR) is 71.9 cm³/mol. The number of Topliss-reactive ketones (excluding diaryl/α,β-unsaturated/α-hetero) is 1. The molecule has 1 saturated carbocycles. The van der Waals surface area contributed by atoms with Gasteiger partial charge < -0.3 is 0 Å². The second kappa shape index (κ2) is 5.66. The molecule has 0 aliphatic heterocycles. The van der Waals surface area contributed by atoms with Crippen LogP contribution in [0.5, 0.6) is 0 Å². The molecule has 1 nitrogen and oxygen atoms in total. The van der Waals surface area contributed by atoms with Gasteiger partial charge >= 0.3 is 0 Å². The maximum Gasteiger partial charge on any atom is 0.158 e. The van der Waals surface area contributed by atoms with Crippen LogP contribution in [0.15, 0.2) is 23.8 Å². The molecule has 0 saturated heterocycles. The van der Waals surface area contributed by atoms with Gasteiger partial charge in [0.2, 0.25) is 0 Å². The smallest absolute Gasteiger partial charge is 0.158 e. The molecule has 0 bridgehead atoms. The number of ketones is 1. The lowest BCUT2D eigenvalue weighted by molar-refractivity contribution is -0.116. The third kappa shape index (κ3) is 3.08. The molecular weight excluding hydrogens is 208 g/mol. The lowest BCUT2D eigenvalue weighted by Gasteiger charge is -2.33. The molecule has 0 aromatic carbocycles. The molecule has 2 aliphatic carbocycles. The van der Waals surface area contributed by atoms with Crippen molar-refractivity contribution in [2.75, 3.05) is 0 Å². The Balaban J connectivity index is 1.92. The molecule has 1 heteroatoms. The number of carbonyl (C=O) groups excluding carboxylic acids is 1. The van der Waals surface area contributed by atoms with E-state index in [9.17, 15) is 4.79 Å². The first-order valence-electron chi connectivity index (χ1n) is 7.09. The Morgan fingerprint density at radius 1 is 1.35 bits per heavy atom. The third-order valence-electron chi connectivity index (χ3n) is 4.43. The highest BCUT2D eigenvalue weighted by Gasteiger charge is 2.36. The molecule has 0 atom stereocenters. The Morgan fingerprint density at radius 2 is 2.12 bits per heavy atom. The van der Waals surface area contributed by atoms with E-state index in [-0.39, 0.29) is 0 Å². The van der Waals surface area contributed by atoms with Crippen LogP contribution in [0.4, 0.5) is 0 Å². The fourth-order valence-corrected chi connectivity index (χ4v) is 3.42. The van der Waals surface area contributed by atoms with E-state index >= 15 is 0 Å². The van der Waals surface area contributed by atoms with Gasteiger partial charge in [-0.25, -0.2) is 0 Å². The molecule has 0 N–H and O–H groups in total. The van der Waals surface area contributed by atoms with Crippen LogP contribution >= 0.6 is 0 Å². The Labute approximate surface area is 105 Å². The second-order valence-electron chi connectivity index (χ2n) is 5.68. The minimum absolute atomic E-state index is 0.397. The first-order valence-corrected chi connectivity index (χ1v) is 7.09. The van der Waals surface area contributed by atoms with Crippen LogP contribution in [0.3, 0.4) is 0 Å². The van der Waals surface area contributed by atoms with Crippen molar-refractivity contribution < 1.29 is 4.79 Å². The molecule has 17 heavy (non-hydrogen) atoms. The first kappa shape index (κ1) is 12.6. The van der Waals surface area contributed by atoms with Gasteiger partial charge in [0.05, 0.1) is 0 Å². The van der Waals surface area contributed by atoms with Gasteiger partial charge in [0.25, 0.3) is 0 Å². The zero-order valence-electron chi connectivity index (χ0n) is 11.0. The number of rotatable bonds is 4. The molecule has 0 radical (unpaired) electrons. The second-order valence-corrected chi connectivity index (χ2v) is 5.68. The molecule has 0 amide bonds. The van der Waals surface area contributed by atoms with E-state index in [4.69, 9.17) is 0 Å². The summed E-state index contributed by atoms with van der Waals surface area (Å²) in [4.78, 5) is 12.1. The van der Waals surface area contributed by atoms with Gasteiger partial charge in [-0.1, -0.05) is 31.1 Å². The normalized spacial score (nSPS) is 23.2. The zero-order chi connectivity index (χ0) is 12.1. The maximum absolute atomic E-state index is 12.1. The minimum atomic E-state index is 0.397. The molecule has 1 fully saturated rings. The topological polar surface area (TPSA) is 17.1 Å². The molecule has 0 heterocycles. The van der Waals surface area contributed by atoms with E-state index in [2.05, 4.69) is 12.2 Å². The highest BCUT2D eigenvalue weighted by molar-refractivity contribution is 5.95. The van der Waals surface area contributed by atoms with Gasteiger partial charge in [0.1, 0.15) is 0 Å². The van der Waals surface area contributed by atoms with E-state index in [1.54, 1.807) is 0 Å². The van der Waals surface area contributed by atoms with Gasteiger partial charge in [0, 0.05) is 6.42 Å². The van der Waals surface area contributed by atoms with E-state index < -0.39 is 0 Å². The van der Waals surface area contributed by atoms with Gasteiger partial charge in [-0.15, -0.1) is 0 Å². The van der Waals surface area contributed by atoms with Gasteiger partial charge in [0.15, 0.2) is 5.78 Å². The number of hydrogen-bond donors (Lipinski definition) is 0. The largest absolute Gasteiger partial charge is 0.295 e. The summed E-state index contributed by atoms with van der Waals surface area (Å²) < 4.78 is 0. The monoisotopic (exact) mass is 232 g/mol. The van der Waals surface area contributed by atoms with Crippen molar-refractivity contribution in [1.29, 1.82) is 0 Å². The molecular formula is C16H24O. The van der Waals surface area contributed by atoms with E-state index in [1.807, 2.05) is 13.0 Å². The van der Waals surface area contributed by atoms with Crippen molar-refractivity contribution in [2.45, 2.75) is 64.7 Å². The fourth-order valence-electron chi connectivity index (χ4n) is 3.42. The summed E-state index contributed by atoms with van der Waals surface area (Å²) in [5.74, 6) is 0.397. The Morgan fingerprint density at radius 3 is 2.82 bits per heavy atom.